The zero-order chi connectivity index (χ0) is 12.3. The highest BCUT2D eigenvalue weighted by atomic mass is 32.2. The lowest BCUT2D eigenvalue weighted by Gasteiger charge is -2.07. The fraction of sp³-hybridized carbons (Fsp3) is 0.273. The van der Waals surface area contributed by atoms with Gasteiger partial charge in [0.25, 0.3) is 0 Å². The van der Waals surface area contributed by atoms with Crippen LogP contribution in [0.15, 0.2) is 30.9 Å². The number of aryl methyl sites for hydroxylation is 1. The average Bonchev–Trinajstić information content (AvgIpc) is 2.74. The number of nitrogens with zero attached hydrogens (tertiary/aromatic N) is 3. The van der Waals surface area contributed by atoms with Crippen molar-refractivity contribution < 1.29 is 4.21 Å². The van der Waals surface area contributed by atoms with Crippen LogP contribution in [-0.2, 0) is 17.3 Å². The number of anilines is 1. The number of nitrogens with two attached hydrogens (primary N) is 1. The molecule has 17 heavy (non-hydrogen) atoms. The second-order valence-electron chi connectivity index (χ2n) is 3.72. The summed E-state index contributed by atoms with van der Waals surface area (Å²) in [5.41, 5.74) is 7.58. The second kappa shape index (κ2) is 5.09. The Labute approximate surface area is 102 Å². The summed E-state index contributed by atoms with van der Waals surface area (Å²) in [7, 11) is -0.805. The lowest BCUT2D eigenvalue weighted by atomic mass is 10.2. The molecule has 0 bridgehead atoms. The molecule has 0 aliphatic heterocycles. The Balaban J connectivity index is 2.27. The van der Waals surface area contributed by atoms with Gasteiger partial charge in [-0.1, -0.05) is 0 Å². The molecule has 2 N–H and O–H groups in total. The van der Waals surface area contributed by atoms with Crippen LogP contribution in [0.1, 0.15) is 0 Å². The molecule has 0 aliphatic carbocycles. The zero-order valence-corrected chi connectivity index (χ0v) is 10.4. The predicted octanol–water partition coefficient (Wildman–Crippen LogP) is 0.906. The molecule has 0 spiro atoms. The normalized spacial score (nSPS) is 12.5. The van der Waals surface area contributed by atoms with Crippen LogP contribution < -0.4 is 5.73 Å². The molecule has 0 aliphatic rings. The lowest BCUT2D eigenvalue weighted by Crippen LogP contribution is -2.06. The van der Waals surface area contributed by atoms with Crippen molar-refractivity contribution in [3.63, 3.8) is 0 Å². The fourth-order valence-corrected chi connectivity index (χ4v) is 2.03. The van der Waals surface area contributed by atoms with Gasteiger partial charge in [-0.05, 0) is 12.1 Å². The minimum Gasteiger partial charge on any atom is -0.384 e. The number of nitrogen functional groups attached to an aromatic ring is 1. The highest BCUT2D eigenvalue weighted by Gasteiger charge is 2.06. The lowest BCUT2D eigenvalue weighted by molar-refractivity contribution is 0.678. The molecule has 2 aromatic rings. The van der Waals surface area contributed by atoms with Crippen molar-refractivity contribution in [1.29, 1.82) is 0 Å². The van der Waals surface area contributed by atoms with Crippen molar-refractivity contribution in [3.05, 3.63) is 30.9 Å². The topological polar surface area (TPSA) is 73.8 Å². The van der Waals surface area contributed by atoms with E-state index in [1.165, 1.54) is 0 Å². The van der Waals surface area contributed by atoms with Crippen molar-refractivity contribution in [3.8, 4) is 11.3 Å². The average molecular weight is 250 g/mol. The van der Waals surface area contributed by atoms with Crippen LogP contribution >= 0.6 is 0 Å². The Kier molecular flexibility index (Phi) is 3.53. The summed E-state index contributed by atoms with van der Waals surface area (Å²) in [5.74, 6) is 1.10. The molecule has 0 saturated heterocycles. The van der Waals surface area contributed by atoms with E-state index in [0.29, 0.717) is 18.1 Å². The maximum absolute atomic E-state index is 11.1. The molecule has 1 unspecified atom stereocenters. The summed E-state index contributed by atoms with van der Waals surface area (Å²) in [5, 5.41) is 0. The van der Waals surface area contributed by atoms with Gasteiger partial charge in [0.1, 0.15) is 5.82 Å². The highest BCUT2D eigenvalue weighted by Crippen LogP contribution is 2.19. The summed E-state index contributed by atoms with van der Waals surface area (Å²) in [6, 6.07) is 3.68. The minimum absolute atomic E-state index is 0.481. The maximum Gasteiger partial charge on any atom is 0.123 e. The predicted molar refractivity (Wildman–Crippen MR) is 68.8 cm³/mol. The first-order valence-electron chi connectivity index (χ1n) is 5.19. The van der Waals surface area contributed by atoms with E-state index in [-0.39, 0.29) is 0 Å². The first-order chi connectivity index (χ1) is 8.16. The summed E-state index contributed by atoms with van der Waals surface area (Å²) in [4.78, 5) is 8.06. The Morgan fingerprint density at radius 1 is 1.53 bits per heavy atom. The third kappa shape index (κ3) is 2.91. The number of hydrogen-bond acceptors (Lipinski definition) is 4. The van der Waals surface area contributed by atoms with Gasteiger partial charge in [0.05, 0.1) is 18.2 Å². The van der Waals surface area contributed by atoms with Gasteiger partial charge in [0.15, 0.2) is 0 Å². The van der Waals surface area contributed by atoms with E-state index in [4.69, 9.17) is 5.73 Å². The van der Waals surface area contributed by atoms with E-state index in [1.54, 1.807) is 31.0 Å². The van der Waals surface area contributed by atoms with E-state index >= 15 is 0 Å². The Bertz CT molecular complexity index is 538. The summed E-state index contributed by atoms with van der Waals surface area (Å²) in [6.45, 7) is 0.681. The van der Waals surface area contributed by atoms with Crippen LogP contribution in [0.4, 0.5) is 5.82 Å². The quantitative estimate of drug-likeness (QED) is 0.875. The Morgan fingerprint density at radius 2 is 2.35 bits per heavy atom. The molecule has 6 heteroatoms. The number of hydrogen-bond donors (Lipinski definition) is 1. The van der Waals surface area contributed by atoms with Crippen molar-refractivity contribution in [1.82, 2.24) is 14.5 Å². The van der Waals surface area contributed by atoms with Crippen LogP contribution in [0, 0.1) is 0 Å². The standard InChI is InChI=1S/C11H14N4OS/c1-17(16)5-4-15-8-13-7-10(15)9-2-3-14-11(12)6-9/h2-3,6-8H,4-5H2,1H3,(H2,12,14). The monoisotopic (exact) mass is 250 g/mol. The Hall–Kier alpha value is -1.69. The molecular formula is C11H14N4OS. The van der Waals surface area contributed by atoms with Crippen LogP contribution in [0.2, 0.25) is 0 Å². The molecule has 1 atom stereocenters. The fourth-order valence-electron chi connectivity index (χ4n) is 1.57. The molecule has 0 aromatic carbocycles. The molecular weight excluding hydrogens is 236 g/mol. The maximum atomic E-state index is 11.1. The zero-order valence-electron chi connectivity index (χ0n) is 9.54. The van der Waals surface area contributed by atoms with Gasteiger partial charge in [-0.15, -0.1) is 0 Å². The number of pyridine rings is 1. The van der Waals surface area contributed by atoms with Crippen molar-refractivity contribution >= 4 is 16.6 Å². The molecule has 5 nitrogen and oxygen atoms in total. The van der Waals surface area contributed by atoms with Gasteiger partial charge in [-0.25, -0.2) is 9.97 Å². The summed E-state index contributed by atoms with van der Waals surface area (Å²) in [6.07, 6.45) is 6.87. The van der Waals surface area contributed by atoms with E-state index < -0.39 is 10.8 Å². The smallest absolute Gasteiger partial charge is 0.123 e. The van der Waals surface area contributed by atoms with Gasteiger partial charge in [0, 0.05) is 41.1 Å². The third-order valence-electron chi connectivity index (χ3n) is 2.41. The molecule has 90 valence electrons. The van der Waals surface area contributed by atoms with E-state index in [0.717, 1.165) is 11.3 Å². The first-order valence-corrected chi connectivity index (χ1v) is 6.91. The molecule has 0 fully saturated rings. The van der Waals surface area contributed by atoms with Crippen molar-refractivity contribution in [2.75, 3.05) is 17.7 Å². The van der Waals surface area contributed by atoms with E-state index in [2.05, 4.69) is 9.97 Å². The molecule has 2 heterocycles. The van der Waals surface area contributed by atoms with Crippen molar-refractivity contribution in [2.24, 2.45) is 0 Å². The van der Waals surface area contributed by atoms with Gasteiger partial charge in [-0.3, -0.25) is 4.21 Å². The summed E-state index contributed by atoms with van der Waals surface area (Å²) >= 11 is 0. The minimum atomic E-state index is -0.805. The molecule has 0 amide bonds. The Morgan fingerprint density at radius 3 is 3.06 bits per heavy atom. The largest absolute Gasteiger partial charge is 0.384 e. The molecule has 2 rings (SSSR count). The highest BCUT2D eigenvalue weighted by molar-refractivity contribution is 7.84. The van der Waals surface area contributed by atoms with Gasteiger partial charge in [-0.2, -0.15) is 0 Å². The number of imidazole rings is 1. The summed E-state index contributed by atoms with van der Waals surface area (Å²) < 4.78 is 13.1. The second-order valence-corrected chi connectivity index (χ2v) is 5.27. The van der Waals surface area contributed by atoms with E-state index in [9.17, 15) is 4.21 Å². The van der Waals surface area contributed by atoms with Crippen molar-refractivity contribution in [2.45, 2.75) is 6.54 Å². The van der Waals surface area contributed by atoms with Gasteiger partial charge < -0.3 is 10.3 Å². The van der Waals surface area contributed by atoms with Crippen LogP contribution in [-0.4, -0.2) is 30.8 Å². The third-order valence-corrected chi connectivity index (χ3v) is 3.17. The molecule has 0 saturated carbocycles. The van der Waals surface area contributed by atoms with Gasteiger partial charge >= 0.3 is 0 Å². The number of rotatable bonds is 4. The number of aromatic nitrogens is 3. The van der Waals surface area contributed by atoms with Gasteiger partial charge in [0.2, 0.25) is 0 Å². The van der Waals surface area contributed by atoms with Crippen LogP contribution in [0.25, 0.3) is 11.3 Å². The van der Waals surface area contributed by atoms with E-state index in [1.807, 2.05) is 10.6 Å². The van der Waals surface area contributed by atoms with Crippen LogP contribution in [0.3, 0.4) is 0 Å². The van der Waals surface area contributed by atoms with Crippen LogP contribution in [0.5, 0.6) is 0 Å². The first kappa shape index (κ1) is 11.8. The SMILES string of the molecule is CS(=O)CCn1cncc1-c1ccnc(N)c1. The molecule has 2 aromatic heterocycles. The molecule has 0 radical (unpaired) electrons.